The third-order valence-electron chi connectivity index (χ3n) is 2.60. The SMILES string of the molecule is CCOc1ccc([C@@H](C)N[S@@](=O)C(C)(C)C)cc1F. The Morgan fingerprint density at radius 2 is 2.05 bits per heavy atom. The number of halogens is 1. The van der Waals surface area contributed by atoms with Gasteiger partial charge in [-0.3, -0.25) is 0 Å². The van der Waals surface area contributed by atoms with Crippen molar-refractivity contribution in [2.24, 2.45) is 0 Å². The average molecular weight is 287 g/mol. The molecule has 0 fully saturated rings. The fraction of sp³-hybridized carbons (Fsp3) is 0.571. The average Bonchev–Trinajstić information content (AvgIpc) is 2.30. The standard InChI is InChI=1S/C14H22FNO2S/c1-6-18-13-8-7-11(9-12(13)15)10(2)16-19(17)14(3,4)5/h7-10,16H,6H2,1-5H3/t10-,19+/m1/s1. The lowest BCUT2D eigenvalue weighted by Crippen LogP contribution is -2.34. The van der Waals surface area contributed by atoms with Crippen LogP contribution < -0.4 is 9.46 Å². The first-order valence-corrected chi connectivity index (χ1v) is 7.51. The summed E-state index contributed by atoms with van der Waals surface area (Å²) in [4.78, 5) is 0. The van der Waals surface area contributed by atoms with E-state index < -0.39 is 16.8 Å². The van der Waals surface area contributed by atoms with E-state index in [1.165, 1.54) is 6.07 Å². The predicted octanol–water partition coefficient (Wildman–Crippen LogP) is 3.34. The summed E-state index contributed by atoms with van der Waals surface area (Å²) in [6.07, 6.45) is 0. The monoisotopic (exact) mass is 287 g/mol. The second kappa shape index (κ2) is 6.48. The van der Waals surface area contributed by atoms with Crippen molar-refractivity contribution in [1.29, 1.82) is 0 Å². The molecule has 1 aromatic carbocycles. The molecule has 0 aliphatic heterocycles. The van der Waals surface area contributed by atoms with Gasteiger partial charge in [-0.25, -0.2) is 13.3 Å². The van der Waals surface area contributed by atoms with Gasteiger partial charge in [-0.1, -0.05) is 6.07 Å². The molecule has 0 radical (unpaired) electrons. The van der Waals surface area contributed by atoms with Crippen LogP contribution in [0.3, 0.4) is 0 Å². The molecule has 0 aromatic heterocycles. The highest BCUT2D eigenvalue weighted by atomic mass is 32.2. The third-order valence-corrected chi connectivity index (χ3v) is 4.28. The predicted molar refractivity (Wildman–Crippen MR) is 77.0 cm³/mol. The van der Waals surface area contributed by atoms with Gasteiger partial charge in [0.1, 0.15) is 0 Å². The molecular weight excluding hydrogens is 265 g/mol. The molecule has 0 aliphatic carbocycles. The van der Waals surface area contributed by atoms with Gasteiger partial charge < -0.3 is 4.74 Å². The molecular formula is C14H22FNO2S. The molecule has 0 saturated heterocycles. The third kappa shape index (κ3) is 4.58. The van der Waals surface area contributed by atoms with Crippen LogP contribution in [-0.4, -0.2) is 15.6 Å². The zero-order valence-electron chi connectivity index (χ0n) is 12.1. The summed E-state index contributed by atoms with van der Waals surface area (Å²) in [7, 11) is -1.19. The molecule has 3 nitrogen and oxygen atoms in total. The summed E-state index contributed by atoms with van der Waals surface area (Å²) in [6.45, 7) is 9.77. The van der Waals surface area contributed by atoms with E-state index in [0.717, 1.165) is 5.56 Å². The summed E-state index contributed by atoms with van der Waals surface area (Å²) in [5.74, 6) is -0.148. The second-order valence-corrected chi connectivity index (χ2v) is 7.34. The van der Waals surface area contributed by atoms with Gasteiger partial charge in [-0.05, 0) is 52.3 Å². The lowest BCUT2D eigenvalue weighted by molar-refractivity contribution is 0.321. The Morgan fingerprint density at radius 1 is 1.42 bits per heavy atom. The minimum Gasteiger partial charge on any atom is -0.491 e. The van der Waals surface area contributed by atoms with Gasteiger partial charge in [0.15, 0.2) is 11.6 Å². The first-order chi connectivity index (χ1) is 8.75. The van der Waals surface area contributed by atoms with Crippen LogP contribution in [0.25, 0.3) is 0 Å². The van der Waals surface area contributed by atoms with Crippen LogP contribution in [-0.2, 0) is 11.0 Å². The van der Waals surface area contributed by atoms with Crippen molar-refractivity contribution < 1.29 is 13.3 Å². The Morgan fingerprint density at radius 3 is 2.53 bits per heavy atom. The molecule has 1 rings (SSSR count). The quantitative estimate of drug-likeness (QED) is 0.902. The van der Waals surface area contributed by atoms with Gasteiger partial charge in [0.05, 0.1) is 22.3 Å². The van der Waals surface area contributed by atoms with E-state index >= 15 is 0 Å². The van der Waals surface area contributed by atoms with E-state index in [-0.39, 0.29) is 16.5 Å². The number of hydrogen-bond donors (Lipinski definition) is 1. The van der Waals surface area contributed by atoms with Crippen LogP contribution in [0.15, 0.2) is 18.2 Å². The maximum absolute atomic E-state index is 13.7. The minimum absolute atomic E-state index is 0.190. The lowest BCUT2D eigenvalue weighted by atomic mass is 10.1. The van der Waals surface area contributed by atoms with Crippen LogP contribution in [0.1, 0.15) is 46.2 Å². The molecule has 5 heteroatoms. The van der Waals surface area contributed by atoms with E-state index in [2.05, 4.69) is 4.72 Å². The van der Waals surface area contributed by atoms with Crippen molar-refractivity contribution >= 4 is 11.0 Å². The Bertz CT molecular complexity index is 457. The molecule has 19 heavy (non-hydrogen) atoms. The van der Waals surface area contributed by atoms with Crippen LogP contribution in [0.2, 0.25) is 0 Å². The van der Waals surface area contributed by atoms with Crippen LogP contribution in [0.5, 0.6) is 5.75 Å². The van der Waals surface area contributed by atoms with Gasteiger partial charge >= 0.3 is 0 Å². The zero-order chi connectivity index (χ0) is 14.6. The maximum atomic E-state index is 13.7. The molecule has 2 atom stereocenters. The van der Waals surface area contributed by atoms with E-state index in [1.54, 1.807) is 12.1 Å². The minimum atomic E-state index is -1.19. The number of ether oxygens (including phenoxy) is 1. The molecule has 0 bridgehead atoms. The summed E-state index contributed by atoms with van der Waals surface area (Å²) >= 11 is 0. The largest absolute Gasteiger partial charge is 0.491 e. The van der Waals surface area contributed by atoms with Crippen molar-refractivity contribution in [2.75, 3.05) is 6.61 Å². The molecule has 0 heterocycles. The molecule has 0 saturated carbocycles. The Hall–Kier alpha value is -0.940. The normalized spacial score (nSPS) is 15.1. The summed E-state index contributed by atoms with van der Waals surface area (Å²) in [5.41, 5.74) is 0.749. The topological polar surface area (TPSA) is 38.3 Å². The molecule has 0 aliphatic rings. The van der Waals surface area contributed by atoms with E-state index in [4.69, 9.17) is 4.74 Å². The number of benzene rings is 1. The molecule has 1 N–H and O–H groups in total. The van der Waals surface area contributed by atoms with Crippen LogP contribution >= 0.6 is 0 Å². The Kier molecular flexibility index (Phi) is 5.50. The Labute approximate surface area is 117 Å². The maximum Gasteiger partial charge on any atom is 0.165 e. The van der Waals surface area contributed by atoms with Gasteiger partial charge in [-0.15, -0.1) is 0 Å². The lowest BCUT2D eigenvalue weighted by Gasteiger charge is -2.22. The van der Waals surface area contributed by atoms with E-state index in [1.807, 2.05) is 34.6 Å². The molecule has 0 spiro atoms. The smallest absolute Gasteiger partial charge is 0.165 e. The van der Waals surface area contributed by atoms with Crippen molar-refractivity contribution in [1.82, 2.24) is 4.72 Å². The summed E-state index contributed by atoms with van der Waals surface area (Å²) < 4.78 is 33.5. The number of rotatable bonds is 5. The van der Waals surface area contributed by atoms with Gasteiger partial charge in [0.2, 0.25) is 0 Å². The van der Waals surface area contributed by atoms with Crippen LogP contribution in [0.4, 0.5) is 4.39 Å². The van der Waals surface area contributed by atoms with Crippen molar-refractivity contribution in [2.45, 2.75) is 45.4 Å². The summed E-state index contributed by atoms with van der Waals surface area (Å²) in [5, 5.41) is 0. The van der Waals surface area contributed by atoms with E-state index in [0.29, 0.717) is 6.61 Å². The fourth-order valence-electron chi connectivity index (χ4n) is 1.46. The molecule has 0 amide bonds. The number of nitrogens with one attached hydrogen (secondary N) is 1. The highest BCUT2D eigenvalue weighted by Gasteiger charge is 2.22. The first-order valence-electron chi connectivity index (χ1n) is 6.36. The zero-order valence-corrected chi connectivity index (χ0v) is 12.9. The Balaban J connectivity index is 2.81. The van der Waals surface area contributed by atoms with Crippen LogP contribution in [0, 0.1) is 5.82 Å². The van der Waals surface area contributed by atoms with Crippen molar-refractivity contribution in [3.8, 4) is 5.75 Å². The van der Waals surface area contributed by atoms with Gasteiger partial charge in [0, 0.05) is 6.04 Å². The molecule has 108 valence electrons. The van der Waals surface area contributed by atoms with Crippen molar-refractivity contribution in [3.63, 3.8) is 0 Å². The van der Waals surface area contributed by atoms with E-state index in [9.17, 15) is 8.60 Å². The summed E-state index contributed by atoms with van der Waals surface area (Å²) in [6, 6.07) is 4.62. The number of hydrogen-bond acceptors (Lipinski definition) is 2. The first kappa shape index (κ1) is 16.1. The van der Waals surface area contributed by atoms with Gasteiger partial charge in [-0.2, -0.15) is 0 Å². The van der Waals surface area contributed by atoms with Crippen molar-refractivity contribution in [3.05, 3.63) is 29.6 Å². The fourth-order valence-corrected chi connectivity index (χ4v) is 2.28. The molecule has 1 aromatic rings. The highest BCUT2D eigenvalue weighted by molar-refractivity contribution is 7.84. The van der Waals surface area contributed by atoms with Gasteiger partial charge in [0.25, 0.3) is 0 Å². The second-order valence-electron chi connectivity index (χ2n) is 5.34. The molecule has 0 unspecified atom stereocenters. The highest BCUT2D eigenvalue weighted by Crippen LogP contribution is 2.23.